The maximum atomic E-state index is 11.5. The molecule has 2 N–H and O–H groups in total. The molecule has 0 radical (unpaired) electrons. The van der Waals surface area contributed by atoms with Crippen LogP contribution in [0.1, 0.15) is 66.2 Å². The summed E-state index contributed by atoms with van der Waals surface area (Å²) in [6.07, 6.45) is 7.87. The SMILES string of the molecule is C[C@H](NCCNC(=O)OC(C)(C)C)C1CCCCCC1. The molecule has 1 fully saturated rings. The first-order valence-electron chi connectivity index (χ1n) is 8.09. The van der Waals surface area contributed by atoms with Crippen LogP contribution in [0.5, 0.6) is 0 Å². The van der Waals surface area contributed by atoms with Crippen molar-refractivity contribution in [3.05, 3.63) is 0 Å². The molecule has 1 amide bonds. The summed E-state index contributed by atoms with van der Waals surface area (Å²) < 4.78 is 5.20. The van der Waals surface area contributed by atoms with Crippen LogP contribution in [0.3, 0.4) is 0 Å². The molecule has 0 aromatic carbocycles. The normalized spacial score (nSPS) is 19.2. The zero-order chi connectivity index (χ0) is 15.0. The number of nitrogens with one attached hydrogen (secondary N) is 2. The van der Waals surface area contributed by atoms with Crippen LogP contribution in [-0.4, -0.2) is 30.8 Å². The molecule has 1 aliphatic rings. The average Bonchev–Trinajstić information content (AvgIpc) is 2.61. The lowest BCUT2D eigenvalue weighted by Crippen LogP contribution is -2.40. The summed E-state index contributed by atoms with van der Waals surface area (Å²) in [4.78, 5) is 11.5. The highest BCUT2D eigenvalue weighted by Gasteiger charge is 2.19. The molecule has 0 aromatic heterocycles. The van der Waals surface area contributed by atoms with Crippen LogP contribution >= 0.6 is 0 Å². The molecule has 1 atom stereocenters. The van der Waals surface area contributed by atoms with E-state index in [0.717, 1.165) is 12.5 Å². The molecule has 0 bridgehead atoms. The van der Waals surface area contributed by atoms with Crippen molar-refractivity contribution in [1.29, 1.82) is 0 Å². The molecule has 0 spiro atoms. The largest absolute Gasteiger partial charge is 0.444 e. The highest BCUT2D eigenvalue weighted by molar-refractivity contribution is 5.67. The third kappa shape index (κ3) is 7.73. The van der Waals surface area contributed by atoms with Gasteiger partial charge in [-0.1, -0.05) is 25.7 Å². The molecule has 1 saturated carbocycles. The van der Waals surface area contributed by atoms with Crippen molar-refractivity contribution in [2.45, 2.75) is 77.9 Å². The Morgan fingerprint density at radius 1 is 1.15 bits per heavy atom. The van der Waals surface area contributed by atoms with E-state index >= 15 is 0 Å². The van der Waals surface area contributed by atoms with Crippen LogP contribution in [-0.2, 0) is 4.74 Å². The number of ether oxygens (including phenoxy) is 1. The van der Waals surface area contributed by atoms with Crippen LogP contribution in [0.25, 0.3) is 0 Å². The molecule has 20 heavy (non-hydrogen) atoms. The molecule has 1 rings (SSSR count). The van der Waals surface area contributed by atoms with E-state index in [-0.39, 0.29) is 6.09 Å². The van der Waals surface area contributed by atoms with Crippen molar-refractivity contribution in [2.24, 2.45) is 5.92 Å². The Bertz CT molecular complexity index is 279. The van der Waals surface area contributed by atoms with Crippen LogP contribution in [0.2, 0.25) is 0 Å². The number of carbonyl (C=O) groups is 1. The molecule has 4 nitrogen and oxygen atoms in total. The summed E-state index contributed by atoms with van der Waals surface area (Å²) >= 11 is 0. The molecule has 0 heterocycles. The molecule has 1 aliphatic carbocycles. The summed E-state index contributed by atoms with van der Waals surface area (Å²) in [5.74, 6) is 0.791. The first kappa shape index (κ1) is 17.3. The Kier molecular flexibility index (Phi) is 7.35. The van der Waals surface area contributed by atoms with Gasteiger partial charge >= 0.3 is 6.09 Å². The molecular formula is C16H32N2O2. The number of alkyl carbamates (subject to hydrolysis) is 1. The van der Waals surface area contributed by atoms with Crippen molar-refractivity contribution in [3.63, 3.8) is 0 Å². The van der Waals surface area contributed by atoms with Gasteiger partial charge in [-0.05, 0) is 46.5 Å². The van der Waals surface area contributed by atoms with Crippen molar-refractivity contribution >= 4 is 6.09 Å². The molecule has 118 valence electrons. The van der Waals surface area contributed by atoms with E-state index in [1.165, 1.54) is 38.5 Å². The van der Waals surface area contributed by atoms with Gasteiger partial charge in [0, 0.05) is 19.1 Å². The third-order valence-corrected chi connectivity index (χ3v) is 3.87. The minimum atomic E-state index is -0.425. The lowest BCUT2D eigenvalue weighted by atomic mass is 9.93. The Hall–Kier alpha value is -0.770. The first-order chi connectivity index (χ1) is 9.38. The number of hydrogen-bond acceptors (Lipinski definition) is 3. The Labute approximate surface area is 124 Å². The highest BCUT2D eigenvalue weighted by Crippen LogP contribution is 2.25. The van der Waals surface area contributed by atoms with E-state index < -0.39 is 5.60 Å². The van der Waals surface area contributed by atoms with Gasteiger partial charge in [0.2, 0.25) is 0 Å². The van der Waals surface area contributed by atoms with Gasteiger partial charge in [0.1, 0.15) is 5.60 Å². The number of hydrogen-bond donors (Lipinski definition) is 2. The average molecular weight is 284 g/mol. The van der Waals surface area contributed by atoms with Gasteiger partial charge in [0.05, 0.1) is 0 Å². The monoisotopic (exact) mass is 284 g/mol. The number of rotatable bonds is 5. The van der Waals surface area contributed by atoms with E-state index in [4.69, 9.17) is 4.74 Å². The molecular weight excluding hydrogens is 252 g/mol. The van der Waals surface area contributed by atoms with Crippen molar-refractivity contribution in [2.75, 3.05) is 13.1 Å². The maximum absolute atomic E-state index is 11.5. The summed E-state index contributed by atoms with van der Waals surface area (Å²) in [5, 5.41) is 6.31. The zero-order valence-electron chi connectivity index (χ0n) is 13.6. The fourth-order valence-electron chi connectivity index (χ4n) is 2.76. The molecule has 4 heteroatoms. The zero-order valence-corrected chi connectivity index (χ0v) is 13.6. The molecule has 0 unspecified atom stereocenters. The molecule has 0 saturated heterocycles. The summed E-state index contributed by atoms with van der Waals surface area (Å²) in [6, 6.07) is 0.536. The van der Waals surface area contributed by atoms with E-state index in [1.54, 1.807) is 0 Å². The van der Waals surface area contributed by atoms with Gasteiger partial charge in [0.15, 0.2) is 0 Å². The van der Waals surface area contributed by atoms with Gasteiger partial charge < -0.3 is 15.4 Å². The Balaban J connectivity index is 2.12. The van der Waals surface area contributed by atoms with Crippen LogP contribution in [0, 0.1) is 5.92 Å². The molecule has 0 aliphatic heterocycles. The smallest absolute Gasteiger partial charge is 0.407 e. The predicted molar refractivity (Wildman–Crippen MR) is 82.9 cm³/mol. The summed E-state index contributed by atoms with van der Waals surface area (Å²) in [7, 11) is 0. The van der Waals surface area contributed by atoms with Crippen LogP contribution < -0.4 is 10.6 Å². The first-order valence-corrected chi connectivity index (χ1v) is 8.09. The minimum Gasteiger partial charge on any atom is -0.444 e. The van der Waals surface area contributed by atoms with Gasteiger partial charge in [-0.15, -0.1) is 0 Å². The lowest BCUT2D eigenvalue weighted by Gasteiger charge is -2.24. The van der Waals surface area contributed by atoms with E-state index in [0.29, 0.717) is 12.6 Å². The van der Waals surface area contributed by atoms with Gasteiger partial charge in [-0.3, -0.25) is 0 Å². The minimum absolute atomic E-state index is 0.332. The van der Waals surface area contributed by atoms with E-state index in [9.17, 15) is 4.79 Å². The third-order valence-electron chi connectivity index (χ3n) is 3.87. The fraction of sp³-hybridized carbons (Fsp3) is 0.938. The summed E-state index contributed by atoms with van der Waals surface area (Å²) in [5.41, 5.74) is -0.425. The van der Waals surface area contributed by atoms with Gasteiger partial charge in [-0.25, -0.2) is 4.79 Å². The number of carbonyl (C=O) groups excluding carboxylic acids is 1. The van der Waals surface area contributed by atoms with Crippen LogP contribution in [0.4, 0.5) is 4.79 Å². The predicted octanol–water partition coefficient (Wildman–Crippen LogP) is 3.46. The second kappa shape index (κ2) is 8.50. The van der Waals surface area contributed by atoms with E-state index in [2.05, 4.69) is 17.6 Å². The molecule has 0 aromatic rings. The standard InChI is InChI=1S/C16H32N2O2/c1-13(14-9-7-5-6-8-10-14)17-11-12-18-15(19)20-16(2,3)4/h13-14,17H,5-12H2,1-4H3,(H,18,19)/t13-/m0/s1. The maximum Gasteiger partial charge on any atom is 0.407 e. The van der Waals surface area contributed by atoms with Crippen LogP contribution in [0.15, 0.2) is 0 Å². The quantitative estimate of drug-likeness (QED) is 0.600. The lowest BCUT2D eigenvalue weighted by molar-refractivity contribution is 0.0527. The van der Waals surface area contributed by atoms with Gasteiger partial charge in [-0.2, -0.15) is 0 Å². The van der Waals surface area contributed by atoms with Crippen molar-refractivity contribution in [1.82, 2.24) is 10.6 Å². The summed E-state index contributed by atoms with van der Waals surface area (Å²) in [6.45, 7) is 9.31. The van der Waals surface area contributed by atoms with Crippen molar-refractivity contribution < 1.29 is 9.53 Å². The highest BCUT2D eigenvalue weighted by atomic mass is 16.6. The Morgan fingerprint density at radius 2 is 1.75 bits per heavy atom. The van der Waals surface area contributed by atoms with E-state index in [1.807, 2.05) is 20.8 Å². The van der Waals surface area contributed by atoms with Crippen molar-refractivity contribution in [3.8, 4) is 0 Å². The second-order valence-corrected chi connectivity index (χ2v) is 6.92. The fourth-order valence-corrected chi connectivity index (χ4v) is 2.76. The Morgan fingerprint density at radius 3 is 2.30 bits per heavy atom. The number of amides is 1. The topological polar surface area (TPSA) is 50.4 Å². The second-order valence-electron chi connectivity index (χ2n) is 6.92. The van der Waals surface area contributed by atoms with Gasteiger partial charge in [0.25, 0.3) is 0 Å².